The fourth-order valence-electron chi connectivity index (χ4n) is 6.62. The molecule has 35 heavy (non-hydrogen) atoms. The van der Waals surface area contributed by atoms with Gasteiger partial charge in [-0.1, -0.05) is 18.2 Å². The summed E-state index contributed by atoms with van der Waals surface area (Å²) in [7, 11) is 0. The van der Waals surface area contributed by atoms with Gasteiger partial charge in [0.15, 0.2) is 5.78 Å². The summed E-state index contributed by atoms with van der Waals surface area (Å²) in [5.41, 5.74) is 3.27. The van der Waals surface area contributed by atoms with Crippen molar-refractivity contribution < 1.29 is 14.0 Å². The summed E-state index contributed by atoms with van der Waals surface area (Å²) in [6, 6.07) is 13.4. The Kier molecular flexibility index (Phi) is 5.46. The number of nitrogens with zero attached hydrogens (tertiary/aromatic N) is 1. The molecule has 5 atom stereocenters. The van der Waals surface area contributed by atoms with Gasteiger partial charge < -0.3 is 16.0 Å². The Morgan fingerprint density at radius 2 is 2.03 bits per heavy atom. The number of halogens is 1. The molecule has 1 unspecified atom stereocenters. The highest BCUT2D eigenvalue weighted by Gasteiger charge is 2.48. The summed E-state index contributed by atoms with van der Waals surface area (Å²) >= 11 is 0. The number of nitrogens with one attached hydrogen (secondary N) is 3. The summed E-state index contributed by atoms with van der Waals surface area (Å²) in [5.74, 6) is -0.429. The number of anilines is 1. The quantitative estimate of drug-likeness (QED) is 0.599. The molecule has 1 amide bonds. The minimum atomic E-state index is -0.552. The van der Waals surface area contributed by atoms with Crippen LogP contribution in [0.4, 0.5) is 10.1 Å². The van der Waals surface area contributed by atoms with E-state index in [4.69, 9.17) is 0 Å². The van der Waals surface area contributed by atoms with E-state index in [1.165, 1.54) is 6.07 Å². The molecule has 0 radical (unpaired) electrons. The lowest BCUT2D eigenvalue weighted by atomic mass is 9.80. The Bertz CT molecular complexity index is 1250. The number of hydrogen-bond donors (Lipinski definition) is 3. The van der Waals surface area contributed by atoms with Gasteiger partial charge in [0.1, 0.15) is 5.82 Å². The van der Waals surface area contributed by atoms with Gasteiger partial charge in [-0.25, -0.2) is 4.39 Å². The second kappa shape index (κ2) is 8.54. The Morgan fingerprint density at radius 1 is 1.20 bits per heavy atom. The number of nitriles is 1. The minimum Gasteiger partial charge on any atom is -0.325 e. The summed E-state index contributed by atoms with van der Waals surface area (Å²) in [6.07, 6.45) is 4.37. The zero-order chi connectivity index (χ0) is 24.2. The molecule has 1 aliphatic carbocycles. The predicted octanol–water partition coefficient (Wildman–Crippen LogP) is 3.46. The smallest absolute Gasteiger partial charge is 0.236 e. The molecule has 2 saturated heterocycles. The molecule has 7 heteroatoms. The van der Waals surface area contributed by atoms with Crippen LogP contribution in [0, 0.1) is 29.0 Å². The number of carbonyl (C=O) groups excluding carboxylic acids is 2. The van der Waals surface area contributed by atoms with Crippen molar-refractivity contribution in [3.63, 3.8) is 0 Å². The van der Waals surface area contributed by atoms with Crippen LogP contribution in [0.15, 0.2) is 36.4 Å². The molecular formula is C28H29FN4O2. The van der Waals surface area contributed by atoms with E-state index in [-0.39, 0.29) is 36.4 Å². The average Bonchev–Trinajstić information content (AvgIpc) is 3.66. The van der Waals surface area contributed by atoms with E-state index in [2.05, 4.69) is 22.0 Å². The molecule has 3 fully saturated rings. The highest BCUT2D eigenvalue weighted by Crippen LogP contribution is 2.43. The van der Waals surface area contributed by atoms with Crippen molar-refractivity contribution in [2.75, 3.05) is 18.4 Å². The number of fused-ring (bicyclic) bond motifs is 4. The van der Waals surface area contributed by atoms with Gasteiger partial charge in [0, 0.05) is 24.7 Å². The Hall–Kier alpha value is -3.08. The van der Waals surface area contributed by atoms with Crippen LogP contribution in [0.5, 0.6) is 0 Å². The molecule has 180 valence electrons. The Morgan fingerprint density at radius 3 is 2.71 bits per heavy atom. The molecule has 0 aromatic heterocycles. The van der Waals surface area contributed by atoms with Gasteiger partial charge in [-0.2, -0.15) is 5.26 Å². The minimum absolute atomic E-state index is 0.0221. The molecule has 2 aromatic rings. The van der Waals surface area contributed by atoms with Crippen molar-refractivity contribution in [2.45, 2.75) is 56.0 Å². The highest BCUT2D eigenvalue weighted by atomic mass is 19.1. The van der Waals surface area contributed by atoms with Gasteiger partial charge >= 0.3 is 0 Å². The van der Waals surface area contributed by atoms with Gasteiger partial charge in [0.05, 0.1) is 23.4 Å². The molecule has 6 nitrogen and oxygen atoms in total. The van der Waals surface area contributed by atoms with E-state index in [1.807, 2.05) is 24.3 Å². The average molecular weight is 473 g/mol. The molecule has 3 heterocycles. The van der Waals surface area contributed by atoms with E-state index in [9.17, 15) is 14.9 Å². The lowest BCUT2D eigenvalue weighted by Gasteiger charge is -2.22. The third-order valence-corrected chi connectivity index (χ3v) is 8.56. The number of amides is 1. The first kappa shape index (κ1) is 22.4. The maximum absolute atomic E-state index is 15.1. The summed E-state index contributed by atoms with van der Waals surface area (Å²) < 4.78 is 15.1. The van der Waals surface area contributed by atoms with Crippen LogP contribution < -0.4 is 16.0 Å². The summed E-state index contributed by atoms with van der Waals surface area (Å²) in [4.78, 5) is 25.5. The van der Waals surface area contributed by atoms with Crippen molar-refractivity contribution in [1.82, 2.24) is 10.6 Å². The number of benzene rings is 2. The predicted molar refractivity (Wildman–Crippen MR) is 130 cm³/mol. The van der Waals surface area contributed by atoms with Gasteiger partial charge in [-0.15, -0.1) is 0 Å². The number of rotatable bonds is 6. The number of piperidine rings is 1. The molecular weight excluding hydrogens is 443 g/mol. The third kappa shape index (κ3) is 3.76. The molecule has 2 bridgehead atoms. The van der Waals surface area contributed by atoms with E-state index in [1.54, 1.807) is 6.07 Å². The van der Waals surface area contributed by atoms with E-state index < -0.39 is 11.3 Å². The van der Waals surface area contributed by atoms with Crippen LogP contribution in [0.25, 0.3) is 11.1 Å². The first-order valence-corrected chi connectivity index (χ1v) is 12.6. The first-order chi connectivity index (χ1) is 17.0. The number of hydrogen-bond acceptors (Lipinski definition) is 5. The largest absolute Gasteiger partial charge is 0.325 e. The number of carbonyl (C=O) groups is 2. The Labute approximate surface area is 204 Å². The maximum Gasteiger partial charge on any atom is 0.236 e. The second-order valence-electron chi connectivity index (χ2n) is 10.6. The molecule has 2 aromatic carbocycles. The molecule has 1 spiro atoms. The van der Waals surface area contributed by atoms with Crippen molar-refractivity contribution in [1.29, 1.82) is 5.26 Å². The second-order valence-corrected chi connectivity index (χ2v) is 10.6. The normalized spacial score (nSPS) is 29.3. The van der Waals surface area contributed by atoms with Crippen LogP contribution in [-0.2, 0) is 21.4 Å². The zero-order valence-electron chi connectivity index (χ0n) is 19.6. The standard InChI is InChI=1S/C28H29FN4O2/c29-23-13-18(17-4-6-24-22(12-17)28(27(35)33-24)7-8-31-15-28)1-2-19(23)9-16(14-30)10-25(34)26-20-3-5-21(11-20)32-26/h1-2,4,6,12-13,16,20-21,26,31-32H,3,5,7-11,15H2,(H,33,35)/t16-,20+,21-,26+,28?/m1/s1. The van der Waals surface area contributed by atoms with Crippen LogP contribution in [0.2, 0.25) is 0 Å². The van der Waals surface area contributed by atoms with Crippen molar-refractivity contribution in [2.24, 2.45) is 11.8 Å². The lowest BCUT2D eigenvalue weighted by Crippen LogP contribution is -2.42. The van der Waals surface area contributed by atoms with Crippen LogP contribution in [0.1, 0.15) is 43.2 Å². The van der Waals surface area contributed by atoms with E-state index >= 15 is 4.39 Å². The van der Waals surface area contributed by atoms with Crippen LogP contribution in [0.3, 0.4) is 0 Å². The van der Waals surface area contributed by atoms with Gasteiger partial charge in [0.25, 0.3) is 0 Å². The molecule has 6 rings (SSSR count). The SMILES string of the molecule is N#C[C@@H](CC(=O)[C@H]1N[C@@H]2CC[C@H]1C2)Cc1ccc(-c2ccc3c(c2)C2(CCNC2)C(=O)N3)cc1F. The number of ketones is 1. The lowest BCUT2D eigenvalue weighted by molar-refractivity contribution is -0.122. The fraction of sp³-hybridized carbons (Fsp3) is 0.464. The Balaban J connectivity index is 1.18. The first-order valence-electron chi connectivity index (χ1n) is 12.6. The van der Waals surface area contributed by atoms with E-state index in [0.717, 1.165) is 54.6 Å². The van der Waals surface area contributed by atoms with Gasteiger partial charge in [0.2, 0.25) is 5.91 Å². The van der Waals surface area contributed by atoms with Crippen molar-refractivity contribution >= 4 is 17.4 Å². The summed E-state index contributed by atoms with van der Waals surface area (Å²) in [6.45, 7) is 1.40. The molecule has 3 N–H and O–H groups in total. The third-order valence-electron chi connectivity index (χ3n) is 8.56. The van der Waals surface area contributed by atoms with Crippen LogP contribution >= 0.6 is 0 Å². The van der Waals surface area contributed by atoms with Crippen molar-refractivity contribution in [3.8, 4) is 17.2 Å². The fourth-order valence-corrected chi connectivity index (χ4v) is 6.62. The monoisotopic (exact) mass is 472 g/mol. The molecule has 4 aliphatic rings. The van der Waals surface area contributed by atoms with E-state index in [0.29, 0.717) is 24.1 Å². The highest BCUT2D eigenvalue weighted by molar-refractivity contribution is 6.07. The number of Topliss-reactive ketones (excluding diaryl/α,β-unsaturated/α-hetero) is 1. The van der Waals surface area contributed by atoms with Gasteiger partial charge in [-0.3, -0.25) is 9.59 Å². The topological polar surface area (TPSA) is 94.0 Å². The van der Waals surface area contributed by atoms with Crippen molar-refractivity contribution in [3.05, 3.63) is 53.3 Å². The molecule has 3 aliphatic heterocycles. The zero-order valence-corrected chi connectivity index (χ0v) is 19.6. The summed E-state index contributed by atoms with van der Waals surface area (Å²) in [5, 5.41) is 19.3. The van der Waals surface area contributed by atoms with Crippen LogP contribution in [-0.4, -0.2) is 36.9 Å². The molecule has 1 saturated carbocycles. The van der Waals surface area contributed by atoms with Gasteiger partial charge in [-0.05, 0) is 85.0 Å². The maximum atomic E-state index is 15.1.